The highest BCUT2D eigenvalue weighted by atomic mass is 32.2. The molecule has 0 bridgehead atoms. The number of nitrogens with zero attached hydrogens (tertiary/aromatic N) is 3. The first-order valence-corrected chi connectivity index (χ1v) is 7.56. The number of sulfone groups is 1. The molecule has 0 spiro atoms. The molecule has 2 rings (SSSR count). The molecule has 0 saturated carbocycles. The molecule has 0 aliphatic heterocycles. The van der Waals surface area contributed by atoms with Crippen LogP contribution in [-0.4, -0.2) is 24.2 Å². The van der Waals surface area contributed by atoms with Gasteiger partial charge < -0.3 is 4.57 Å². The Balaban J connectivity index is 2.20. The third-order valence-corrected chi connectivity index (χ3v) is 3.88. The van der Waals surface area contributed by atoms with Crippen LogP contribution in [0.1, 0.15) is 11.4 Å². The summed E-state index contributed by atoms with van der Waals surface area (Å²) in [5.41, 5.74) is 0.956. The third-order valence-electron chi connectivity index (χ3n) is 2.76. The quantitative estimate of drug-likeness (QED) is 0.845. The highest BCUT2D eigenvalue weighted by molar-refractivity contribution is 7.90. The van der Waals surface area contributed by atoms with Crippen LogP contribution in [-0.2, 0) is 22.8 Å². The second-order valence-corrected chi connectivity index (χ2v) is 6.24. The molecule has 98 valence electrons. The summed E-state index contributed by atoms with van der Waals surface area (Å²) in [4.78, 5) is 4.50. The molecule has 1 aromatic heterocycles. The van der Waals surface area contributed by atoms with Gasteiger partial charge in [-0.15, -0.1) is 0 Å². The molecule has 6 heteroatoms. The largest absolute Gasteiger partial charge is 0.321 e. The van der Waals surface area contributed by atoms with E-state index in [0.717, 1.165) is 11.4 Å². The van der Waals surface area contributed by atoms with Gasteiger partial charge in [-0.05, 0) is 17.7 Å². The molecule has 0 amide bonds. The van der Waals surface area contributed by atoms with E-state index in [-0.39, 0.29) is 6.54 Å². The van der Waals surface area contributed by atoms with E-state index in [2.05, 4.69) is 11.1 Å². The van der Waals surface area contributed by atoms with E-state index in [4.69, 9.17) is 5.26 Å². The number of aromatic nitrogens is 2. The van der Waals surface area contributed by atoms with Gasteiger partial charge in [0.2, 0.25) is 0 Å². The van der Waals surface area contributed by atoms with E-state index < -0.39 is 9.84 Å². The Morgan fingerprint density at radius 3 is 2.58 bits per heavy atom. The summed E-state index contributed by atoms with van der Waals surface area (Å²) in [5.74, 6) is 0.786. The number of benzene rings is 1. The van der Waals surface area contributed by atoms with Crippen LogP contribution in [0.25, 0.3) is 0 Å². The lowest BCUT2D eigenvalue weighted by Gasteiger charge is -2.05. The van der Waals surface area contributed by atoms with Gasteiger partial charge in [0.05, 0.1) is 11.0 Å². The molecular formula is C13H13N3O2S. The molecule has 5 nitrogen and oxygen atoms in total. The maximum Gasteiger partial charge on any atom is 0.175 e. The van der Waals surface area contributed by atoms with Crippen LogP contribution in [0, 0.1) is 11.3 Å². The summed E-state index contributed by atoms with van der Waals surface area (Å²) < 4.78 is 24.5. The minimum atomic E-state index is -3.16. The SMILES string of the molecule is CS(=O)(=O)c1ccc(Cc2nccn2CC#N)cc1. The van der Waals surface area contributed by atoms with Crippen molar-refractivity contribution in [2.24, 2.45) is 0 Å². The van der Waals surface area contributed by atoms with Gasteiger partial charge in [0.25, 0.3) is 0 Å². The minimum absolute atomic E-state index is 0.261. The average Bonchev–Trinajstić information content (AvgIpc) is 2.77. The lowest BCUT2D eigenvalue weighted by molar-refractivity contribution is 0.602. The fraction of sp³-hybridized carbons (Fsp3) is 0.231. The molecule has 1 aromatic carbocycles. The summed E-state index contributed by atoms with van der Waals surface area (Å²) in [6.45, 7) is 0.261. The van der Waals surface area contributed by atoms with Crippen molar-refractivity contribution in [3.05, 3.63) is 48.0 Å². The number of imidazole rings is 1. The van der Waals surface area contributed by atoms with E-state index in [1.54, 1.807) is 41.2 Å². The normalized spacial score (nSPS) is 11.2. The second kappa shape index (κ2) is 5.24. The lowest BCUT2D eigenvalue weighted by Crippen LogP contribution is -2.03. The van der Waals surface area contributed by atoms with E-state index in [0.29, 0.717) is 11.3 Å². The van der Waals surface area contributed by atoms with Gasteiger partial charge in [0.1, 0.15) is 12.4 Å². The zero-order valence-corrected chi connectivity index (χ0v) is 11.3. The van der Waals surface area contributed by atoms with Crippen LogP contribution in [0.15, 0.2) is 41.6 Å². The number of hydrogen-bond acceptors (Lipinski definition) is 4. The van der Waals surface area contributed by atoms with E-state index in [9.17, 15) is 8.42 Å². The van der Waals surface area contributed by atoms with Crippen molar-refractivity contribution in [1.82, 2.24) is 9.55 Å². The predicted octanol–water partition coefficient (Wildman–Crippen LogP) is 1.40. The monoisotopic (exact) mass is 275 g/mol. The first-order chi connectivity index (χ1) is 9.00. The molecule has 0 radical (unpaired) electrons. The first kappa shape index (κ1) is 13.3. The van der Waals surface area contributed by atoms with Gasteiger partial charge in [-0.3, -0.25) is 0 Å². The maximum atomic E-state index is 11.3. The van der Waals surface area contributed by atoms with E-state index >= 15 is 0 Å². The molecule has 1 heterocycles. The molecular weight excluding hydrogens is 262 g/mol. The predicted molar refractivity (Wildman–Crippen MR) is 70.2 cm³/mol. The number of hydrogen-bond donors (Lipinski definition) is 0. The maximum absolute atomic E-state index is 11.3. The minimum Gasteiger partial charge on any atom is -0.321 e. The van der Waals surface area contributed by atoms with E-state index in [1.807, 2.05) is 0 Å². The first-order valence-electron chi connectivity index (χ1n) is 5.66. The average molecular weight is 275 g/mol. The van der Waals surface area contributed by atoms with Gasteiger partial charge >= 0.3 is 0 Å². The Morgan fingerprint density at radius 1 is 1.32 bits per heavy atom. The lowest BCUT2D eigenvalue weighted by atomic mass is 10.1. The standard InChI is InChI=1S/C13H13N3O2S/c1-19(17,18)12-4-2-11(3-5-12)10-13-15-7-9-16(13)8-6-14/h2-5,7,9H,8,10H2,1H3. The van der Waals surface area contributed by atoms with Crippen molar-refractivity contribution in [1.29, 1.82) is 5.26 Å². The fourth-order valence-corrected chi connectivity index (χ4v) is 2.39. The summed E-state index contributed by atoms with van der Waals surface area (Å²) in [6, 6.07) is 8.77. The highest BCUT2D eigenvalue weighted by Gasteiger charge is 2.08. The van der Waals surface area contributed by atoms with Gasteiger partial charge in [0, 0.05) is 25.1 Å². The Morgan fingerprint density at radius 2 is 2.00 bits per heavy atom. The van der Waals surface area contributed by atoms with Gasteiger partial charge in [0.15, 0.2) is 9.84 Å². The van der Waals surface area contributed by atoms with Crippen molar-refractivity contribution in [2.75, 3.05) is 6.26 Å². The van der Waals surface area contributed by atoms with Crippen molar-refractivity contribution < 1.29 is 8.42 Å². The Bertz CT molecular complexity index is 709. The van der Waals surface area contributed by atoms with Gasteiger partial charge in [-0.2, -0.15) is 5.26 Å². The molecule has 0 aliphatic rings. The zero-order chi connectivity index (χ0) is 13.9. The topological polar surface area (TPSA) is 75.8 Å². The van der Waals surface area contributed by atoms with Crippen LogP contribution in [0.5, 0.6) is 0 Å². The fourth-order valence-electron chi connectivity index (χ4n) is 1.76. The van der Waals surface area contributed by atoms with Crippen LogP contribution in [0.3, 0.4) is 0 Å². The van der Waals surface area contributed by atoms with Crippen LogP contribution < -0.4 is 0 Å². The number of nitriles is 1. The zero-order valence-electron chi connectivity index (χ0n) is 10.4. The molecule has 0 atom stereocenters. The second-order valence-electron chi connectivity index (χ2n) is 4.22. The Labute approximate surface area is 112 Å². The highest BCUT2D eigenvalue weighted by Crippen LogP contribution is 2.13. The Kier molecular flexibility index (Phi) is 3.67. The van der Waals surface area contributed by atoms with Crippen molar-refractivity contribution in [3.8, 4) is 6.07 Å². The molecule has 19 heavy (non-hydrogen) atoms. The molecule has 0 unspecified atom stereocenters. The van der Waals surface area contributed by atoms with Crippen molar-refractivity contribution in [2.45, 2.75) is 17.9 Å². The summed E-state index contributed by atoms with van der Waals surface area (Å²) in [5, 5.41) is 8.69. The summed E-state index contributed by atoms with van der Waals surface area (Å²) in [7, 11) is -3.16. The van der Waals surface area contributed by atoms with Crippen molar-refractivity contribution in [3.63, 3.8) is 0 Å². The van der Waals surface area contributed by atoms with Crippen molar-refractivity contribution >= 4 is 9.84 Å². The molecule has 2 aromatic rings. The molecule has 0 aliphatic carbocycles. The third kappa shape index (κ3) is 3.20. The van der Waals surface area contributed by atoms with Crippen LogP contribution >= 0.6 is 0 Å². The molecule has 0 N–H and O–H groups in total. The van der Waals surface area contributed by atoms with Gasteiger partial charge in [-0.25, -0.2) is 13.4 Å². The number of rotatable bonds is 4. The summed E-state index contributed by atoms with van der Waals surface area (Å²) >= 11 is 0. The Hall–Kier alpha value is -2.13. The van der Waals surface area contributed by atoms with E-state index in [1.165, 1.54) is 6.26 Å². The molecule has 0 saturated heterocycles. The van der Waals surface area contributed by atoms with Crippen LogP contribution in [0.4, 0.5) is 0 Å². The van der Waals surface area contributed by atoms with Gasteiger partial charge in [-0.1, -0.05) is 12.1 Å². The summed E-state index contributed by atoms with van der Waals surface area (Å²) in [6.07, 6.45) is 5.15. The smallest absolute Gasteiger partial charge is 0.175 e. The molecule has 0 fully saturated rings. The van der Waals surface area contributed by atoms with Crippen LogP contribution in [0.2, 0.25) is 0 Å².